The highest BCUT2D eigenvalue weighted by molar-refractivity contribution is 5.85. The molecule has 0 aliphatic heterocycles. The summed E-state index contributed by atoms with van der Waals surface area (Å²) in [5.41, 5.74) is 2.42. The highest BCUT2D eigenvalue weighted by atomic mass is 16.3. The molecule has 0 saturated carbocycles. The zero-order valence-electron chi connectivity index (χ0n) is 10.3. The lowest BCUT2D eigenvalue weighted by Crippen LogP contribution is -2.10. The van der Waals surface area contributed by atoms with Crippen LogP contribution in [-0.2, 0) is 5.41 Å². The van der Waals surface area contributed by atoms with Crippen LogP contribution in [0.4, 0.5) is 0 Å². The molecule has 0 atom stereocenters. The summed E-state index contributed by atoms with van der Waals surface area (Å²) in [5.74, 6) is 0.371. The van der Waals surface area contributed by atoms with Crippen molar-refractivity contribution < 1.29 is 5.11 Å². The van der Waals surface area contributed by atoms with Crippen LogP contribution in [-0.4, -0.2) is 5.11 Å². The molecular weight excluding hydrogens is 196 g/mol. The van der Waals surface area contributed by atoms with Gasteiger partial charge < -0.3 is 5.11 Å². The van der Waals surface area contributed by atoms with E-state index in [0.29, 0.717) is 5.75 Å². The van der Waals surface area contributed by atoms with E-state index >= 15 is 0 Å². The SMILES string of the molecule is Cc1cc2cc(C(C)(C)C)ccc2cc1O. The molecule has 1 nitrogen and oxygen atoms in total. The lowest BCUT2D eigenvalue weighted by molar-refractivity contribution is 0.472. The largest absolute Gasteiger partial charge is 0.508 e. The maximum atomic E-state index is 9.65. The molecule has 0 saturated heterocycles. The van der Waals surface area contributed by atoms with Crippen molar-refractivity contribution in [2.75, 3.05) is 0 Å². The van der Waals surface area contributed by atoms with Crippen molar-refractivity contribution in [3.05, 3.63) is 41.5 Å². The van der Waals surface area contributed by atoms with E-state index in [0.717, 1.165) is 10.9 Å². The number of phenolic OH excluding ortho intramolecular Hbond substituents is 1. The fourth-order valence-electron chi connectivity index (χ4n) is 1.87. The molecule has 16 heavy (non-hydrogen) atoms. The van der Waals surface area contributed by atoms with Gasteiger partial charge in [-0.1, -0.05) is 39.0 Å². The summed E-state index contributed by atoms with van der Waals surface area (Å²) < 4.78 is 0. The molecule has 2 rings (SSSR count). The quantitative estimate of drug-likeness (QED) is 0.698. The number of hydrogen-bond acceptors (Lipinski definition) is 1. The number of aromatic hydroxyl groups is 1. The Morgan fingerprint density at radius 2 is 1.62 bits per heavy atom. The zero-order valence-corrected chi connectivity index (χ0v) is 10.3. The lowest BCUT2D eigenvalue weighted by Gasteiger charge is -2.19. The standard InChI is InChI=1S/C15H18O/c1-10-7-12-8-13(15(2,3)4)6-5-11(12)9-14(10)16/h5-9,16H,1-4H3. The smallest absolute Gasteiger partial charge is 0.119 e. The second-order valence-electron chi connectivity index (χ2n) is 5.45. The summed E-state index contributed by atoms with van der Waals surface area (Å²) in [6.07, 6.45) is 0. The second kappa shape index (κ2) is 3.51. The summed E-state index contributed by atoms with van der Waals surface area (Å²) in [4.78, 5) is 0. The van der Waals surface area contributed by atoms with E-state index < -0.39 is 0 Å². The maximum absolute atomic E-state index is 9.65. The molecule has 0 radical (unpaired) electrons. The van der Waals surface area contributed by atoms with Gasteiger partial charge in [0.2, 0.25) is 0 Å². The molecule has 0 aromatic heterocycles. The minimum atomic E-state index is 0.167. The molecule has 0 fully saturated rings. The van der Waals surface area contributed by atoms with E-state index in [-0.39, 0.29) is 5.41 Å². The van der Waals surface area contributed by atoms with E-state index in [4.69, 9.17) is 0 Å². The van der Waals surface area contributed by atoms with Gasteiger partial charge in [-0.15, -0.1) is 0 Å². The van der Waals surface area contributed by atoms with Crippen LogP contribution in [0.15, 0.2) is 30.3 Å². The summed E-state index contributed by atoms with van der Waals surface area (Å²) >= 11 is 0. The van der Waals surface area contributed by atoms with Crippen LogP contribution in [0.25, 0.3) is 10.8 Å². The van der Waals surface area contributed by atoms with Crippen molar-refractivity contribution in [1.82, 2.24) is 0 Å². The second-order valence-corrected chi connectivity index (χ2v) is 5.45. The topological polar surface area (TPSA) is 20.2 Å². The predicted octanol–water partition coefficient (Wildman–Crippen LogP) is 4.15. The lowest BCUT2D eigenvalue weighted by atomic mass is 9.86. The third-order valence-corrected chi connectivity index (χ3v) is 3.02. The van der Waals surface area contributed by atoms with Gasteiger partial charge in [0, 0.05) is 0 Å². The van der Waals surface area contributed by atoms with E-state index in [2.05, 4.69) is 39.0 Å². The van der Waals surface area contributed by atoms with E-state index in [1.807, 2.05) is 19.1 Å². The van der Waals surface area contributed by atoms with Crippen molar-refractivity contribution in [3.63, 3.8) is 0 Å². The van der Waals surface area contributed by atoms with Crippen molar-refractivity contribution >= 4 is 10.8 Å². The molecule has 0 spiro atoms. The molecule has 0 aliphatic carbocycles. The third kappa shape index (κ3) is 1.90. The number of fused-ring (bicyclic) bond motifs is 1. The Morgan fingerprint density at radius 3 is 2.25 bits per heavy atom. The van der Waals surface area contributed by atoms with E-state index in [1.165, 1.54) is 10.9 Å². The third-order valence-electron chi connectivity index (χ3n) is 3.02. The van der Waals surface area contributed by atoms with Crippen LogP contribution in [0.1, 0.15) is 31.9 Å². The number of rotatable bonds is 0. The van der Waals surface area contributed by atoms with Crippen LogP contribution in [0, 0.1) is 6.92 Å². The van der Waals surface area contributed by atoms with Crippen LogP contribution < -0.4 is 0 Å². The van der Waals surface area contributed by atoms with Gasteiger partial charge in [0.1, 0.15) is 5.75 Å². The first kappa shape index (κ1) is 11.0. The summed E-state index contributed by atoms with van der Waals surface area (Å²) in [6.45, 7) is 8.56. The molecule has 0 bridgehead atoms. The summed E-state index contributed by atoms with van der Waals surface area (Å²) in [6, 6.07) is 10.3. The average molecular weight is 214 g/mol. The van der Waals surface area contributed by atoms with Gasteiger partial charge in [0.25, 0.3) is 0 Å². The van der Waals surface area contributed by atoms with Gasteiger partial charge in [-0.3, -0.25) is 0 Å². The normalized spacial score (nSPS) is 12.0. The Balaban J connectivity index is 2.67. The fourth-order valence-corrected chi connectivity index (χ4v) is 1.87. The average Bonchev–Trinajstić information content (AvgIpc) is 2.17. The molecule has 0 unspecified atom stereocenters. The van der Waals surface area contributed by atoms with E-state index in [9.17, 15) is 5.11 Å². The molecule has 0 amide bonds. The number of hydrogen-bond donors (Lipinski definition) is 1. The van der Waals surface area contributed by atoms with Crippen molar-refractivity contribution in [2.24, 2.45) is 0 Å². The monoisotopic (exact) mass is 214 g/mol. The van der Waals surface area contributed by atoms with Crippen molar-refractivity contribution in [3.8, 4) is 5.75 Å². The van der Waals surface area contributed by atoms with Crippen molar-refractivity contribution in [1.29, 1.82) is 0 Å². The number of phenols is 1. The van der Waals surface area contributed by atoms with Gasteiger partial charge in [-0.2, -0.15) is 0 Å². The summed E-state index contributed by atoms with van der Waals surface area (Å²) in [7, 11) is 0. The Kier molecular flexibility index (Phi) is 2.42. The summed E-state index contributed by atoms with van der Waals surface area (Å²) in [5, 5.41) is 11.9. The molecule has 84 valence electrons. The molecule has 0 heterocycles. The van der Waals surface area contributed by atoms with Crippen LogP contribution in [0.2, 0.25) is 0 Å². The Labute approximate surface area is 96.7 Å². The Bertz CT molecular complexity index is 533. The van der Waals surface area contributed by atoms with Gasteiger partial charge >= 0.3 is 0 Å². The first-order valence-electron chi connectivity index (χ1n) is 5.62. The first-order valence-corrected chi connectivity index (χ1v) is 5.62. The van der Waals surface area contributed by atoms with Crippen molar-refractivity contribution in [2.45, 2.75) is 33.1 Å². The predicted molar refractivity (Wildman–Crippen MR) is 69.0 cm³/mol. The first-order chi connectivity index (χ1) is 7.38. The van der Waals surface area contributed by atoms with Gasteiger partial charge in [-0.25, -0.2) is 0 Å². The molecule has 0 aliphatic rings. The molecule has 2 aromatic rings. The molecule has 2 aromatic carbocycles. The molecule has 1 N–H and O–H groups in total. The minimum absolute atomic E-state index is 0.167. The van der Waals surface area contributed by atoms with Gasteiger partial charge in [0.15, 0.2) is 0 Å². The molecular formula is C15H18O. The Morgan fingerprint density at radius 1 is 0.938 bits per heavy atom. The highest BCUT2D eigenvalue weighted by Gasteiger charge is 2.13. The number of benzene rings is 2. The van der Waals surface area contributed by atoms with Crippen LogP contribution in [0.3, 0.4) is 0 Å². The van der Waals surface area contributed by atoms with Gasteiger partial charge in [0.05, 0.1) is 0 Å². The Hall–Kier alpha value is -1.50. The van der Waals surface area contributed by atoms with Gasteiger partial charge in [-0.05, 0) is 46.4 Å². The highest BCUT2D eigenvalue weighted by Crippen LogP contribution is 2.29. The van der Waals surface area contributed by atoms with E-state index in [1.54, 1.807) is 0 Å². The molecule has 1 heteroatoms. The maximum Gasteiger partial charge on any atom is 0.119 e. The number of aryl methyl sites for hydroxylation is 1. The van der Waals surface area contributed by atoms with Crippen LogP contribution >= 0.6 is 0 Å². The zero-order chi connectivity index (χ0) is 11.9. The van der Waals surface area contributed by atoms with Crippen LogP contribution in [0.5, 0.6) is 5.75 Å². The minimum Gasteiger partial charge on any atom is -0.508 e. The fraction of sp³-hybridized carbons (Fsp3) is 0.333.